The second-order valence-corrected chi connectivity index (χ2v) is 2.01. The largest absolute Gasteiger partial charge is 0.298 e. The van der Waals surface area contributed by atoms with Crippen LogP contribution in [0.25, 0.3) is 0 Å². The molecule has 10 heavy (non-hydrogen) atoms. The van der Waals surface area contributed by atoms with Gasteiger partial charge in [0.05, 0.1) is 11.8 Å². The second-order valence-electron chi connectivity index (χ2n) is 1.65. The summed E-state index contributed by atoms with van der Waals surface area (Å²) in [7, 11) is 0. The highest BCUT2D eigenvalue weighted by Gasteiger charge is 2.00. The van der Waals surface area contributed by atoms with Gasteiger partial charge in [0.1, 0.15) is 11.0 Å². The van der Waals surface area contributed by atoms with E-state index < -0.39 is 5.82 Å². The van der Waals surface area contributed by atoms with E-state index >= 15 is 0 Å². The fraction of sp³-hybridized carbons (Fsp3) is 0. The number of nitrogens with zero attached hydrogens (tertiary/aromatic N) is 1. The number of hydrogen-bond donors (Lipinski definition) is 0. The standard InChI is InChI=1S/C6H3ClFNO/c7-6-4(3-10)1-5(8)2-9-6/h1-3H. The zero-order valence-corrected chi connectivity index (χ0v) is 5.60. The van der Waals surface area contributed by atoms with Gasteiger partial charge in [0, 0.05) is 0 Å². The van der Waals surface area contributed by atoms with Crippen molar-refractivity contribution in [3.05, 3.63) is 28.8 Å². The molecule has 0 spiro atoms. The number of aromatic nitrogens is 1. The summed E-state index contributed by atoms with van der Waals surface area (Å²) in [5.74, 6) is -0.563. The van der Waals surface area contributed by atoms with Gasteiger partial charge >= 0.3 is 0 Å². The molecule has 0 amide bonds. The van der Waals surface area contributed by atoms with Crippen LogP contribution in [0, 0.1) is 5.82 Å². The van der Waals surface area contributed by atoms with Crippen molar-refractivity contribution in [1.29, 1.82) is 0 Å². The fourth-order valence-corrected chi connectivity index (χ4v) is 0.669. The van der Waals surface area contributed by atoms with E-state index in [1.54, 1.807) is 0 Å². The van der Waals surface area contributed by atoms with Crippen LogP contribution in [0.15, 0.2) is 12.3 Å². The Balaban J connectivity index is 3.21. The quantitative estimate of drug-likeness (QED) is 0.461. The summed E-state index contributed by atoms with van der Waals surface area (Å²) < 4.78 is 12.3. The summed E-state index contributed by atoms with van der Waals surface area (Å²) in [6.45, 7) is 0. The van der Waals surface area contributed by atoms with Gasteiger partial charge in [0.15, 0.2) is 6.29 Å². The van der Waals surface area contributed by atoms with Crippen LogP contribution in [0.1, 0.15) is 10.4 Å². The number of carbonyl (C=O) groups excluding carboxylic acids is 1. The molecule has 0 N–H and O–H groups in total. The zero-order valence-electron chi connectivity index (χ0n) is 4.84. The van der Waals surface area contributed by atoms with Crippen molar-refractivity contribution in [2.75, 3.05) is 0 Å². The molecule has 1 heterocycles. The number of pyridine rings is 1. The lowest BCUT2D eigenvalue weighted by Crippen LogP contribution is -1.87. The van der Waals surface area contributed by atoms with E-state index in [-0.39, 0.29) is 10.7 Å². The molecule has 1 aromatic rings. The van der Waals surface area contributed by atoms with Crippen molar-refractivity contribution in [2.45, 2.75) is 0 Å². The lowest BCUT2D eigenvalue weighted by atomic mass is 10.3. The first kappa shape index (κ1) is 7.15. The third-order valence-electron chi connectivity index (χ3n) is 0.960. The molecule has 1 aromatic heterocycles. The minimum absolute atomic E-state index is 0.0244. The van der Waals surface area contributed by atoms with Gasteiger partial charge in [0.25, 0.3) is 0 Å². The molecule has 4 heteroatoms. The third-order valence-corrected chi connectivity index (χ3v) is 1.28. The molecule has 0 saturated heterocycles. The molecule has 0 aromatic carbocycles. The van der Waals surface area contributed by atoms with Gasteiger partial charge in [0.2, 0.25) is 0 Å². The van der Waals surface area contributed by atoms with Gasteiger partial charge in [-0.2, -0.15) is 0 Å². The van der Waals surface area contributed by atoms with Crippen LogP contribution in [0.4, 0.5) is 4.39 Å². The summed E-state index contributed by atoms with van der Waals surface area (Å²) in [5, 5.41) is 0.0244. The first-order valence-electron chi connectivity index (χ1n) is 2.50. The maximum atomic E-state index is 12.3. The molecular formula is C6H3ClFNO. The predicted molar refractivity (Wildman–Crippen MR) is 34.6 cm³/mol. The van der Waals surface area contributed by atoms with E-state index in [0.717, 1.165) is 12.3 Å². The van der Waals surface area contributed by atoms with Crippen molar-refractivity contribution in [1.82, 2.24) is 4.98 Å². The van der Waals surface area contributed by atoms with Crippen LogP contribution in [0.3, 0.4) is 0 Å². The lowest BCUT2D eigenvalue weighted by molar-refractivity contribution is 0.112. The molecule has 0 aliphatic rings. The van der Waals surface area contributed by atoms with Crippen LogP contribution < -0.4 is 0 Å². The molecule has 2 nitrogen and oxygen atoms in total. The number of halogens is 2. The smallest absolute Gasteiger partial charge is 0.153 e. The average Bonchev–Trinajstić information content (AvgIpc) is 1.94. The molecule has 0 saturated carbocycles. The van der Waals surface area contributed by atoms with Crippen LogP contribution in [0.5, 0.6) is 0 Å². The first-order valence-corrected chi connectivity index (χ1v) is 2.88. The number of hydrogen-bond acceptors (Lipinski definition) is 2. The van der Waals surface area contributed by atoms with E-state index in [9.17, 15) is 9.18 Å². The Hall–Kier alpha value is -0.960. The van der Waals surface area contributed by atoms with Crippen molar-refractivity contribution >= 4 is 17.9 Å². The SMILES string of the molecule is O=Cc1cc(F)cnc1Cl. The van der Waals surface area contributed by atoms with Gasteiger partial charge in [-0.15, -0.1) is 0 Å². The molecule has 52 valence electrons. The molecule has 0 aliphatic carbocycles. The zero-order chi connectivity index (χ0) is 7.56. The van der Waals surface area contributed by atoms with Gasteiger partial charge in [-0.3, -0.25) is 4.79 Å². The van der Waals surface area contributed by atoms with Crippen LogP contribution in [0.2, 0.25) is 5.15 Å². The van der Waals surface area contributed by atoms with Gasteiger partial charge < -0.3 is 0 Å². The van der Waals surface area contributed by atoms with Crippen LogP contribution in [-0.2, 0) is 0 Å². The average molecular weight is 160 g/mol. The van der Waals surface area contributed by atoms with E-state index in [2.05, 4.69) is 4.98 Å². The van der Waals surface area contributed by atoms with Crippen molar-refractivity contribution in [3.63, 3.8) is 0 Å². The molecule has 0 bridgehead atoms. The molecule has 0 radical (unpaired) electrons. The van der Waals surface area contributed by atoms with Gasteiger partial charge in [-0.25, -0.2) is 9.37 Å². The Morgan fingerprint density at radius 3 is 2.90 bits per heavy atom. The van der Waals surface area contributed by atoms with Crippen LogP contribution in [-0.4, -0.2) is 11.3 Å². The fourth-order valence-electron chi connectivity index (χ4n) is 0.521. The topological polar surface area (TPSA) is 30.0 Å². The van der Waals surface area contributed by atoms with Crippen molar-refractivity contribution in [3.8, 4) is 0 Å². The normalized spacial score (nSPS) is 9.40. The Kier molecular flexibility index (Phi) is 1.97. The highest BCUT2D eigenvalue weighted by atomic mass is 35.5. The Bertz CT molecular complexity index is 264. The van der Waals surface area contributed by atoms with Crippen molar-refractivity contribution < 1.29 is 9.18 Å². The van der Waals surface area contributed by atoms with E-state index in [0.29, 0.717) is 6.29 Å². The number of rotatable bonds is 1. The second kappa shape index (κ2) is 2.75. The summed E-state index contributed by atoms with van der Waals surface area (Å²) in [5.41, 5.74) is 0.0710. The summed E-state index contributed by atoms with van der Waals surface area (Å²) in [6.07, 6.45) is 1.41. The van der Waals surface area contributed by atoms with E-state index in [1.807, 2.05) is 0 Å². The van der Waals surface area contributed by atoms with Crippen molar-refractivity contribution in [2.24, 2.45) is 0 Å². The summed E-state index contributed by atoms with van der Waals surface area (Å²) in [4.78, 5) is 13.5. The molecule has 0 aliphatic heterocycles. The maximum absolute atomic E-state index is 12.3. The molecular weight excluding hydrogens is 157 g/mol. The maximum Gasteiger partial charge on any atom is 0.153 e. The highest BCUT2D eigenvalue weighted by molar-refractivity contribution is 6.31. The summed E-state index contributed by atoms with van der Waals surface area (Å²) >= 11 is 5.39. The van der Waals surface area contributed by atoms with E-state index in [4.69, 9.17) is 11.6 Å². The predicted octanol–water partition coefficient (Wildman–Crippen LogP) is 1.69. The van der Waals surface area contributed by atoms with E-state index in [1.165, 1.54) is 0 Å². The monoisotopic (exact) mass is 159 g/mol. The van der Waals surface area contributed by atoms with Gasteiger partial charge in [-0.1, -0.05) is 11.6 Å². The highest BCUT2D eigenvalue weighted by Crippen LogP contribution is 2.10. The van der Waals surface area contributed by atoms with Gasteiger partial charge in [-0.05, 0) is 6.07 Å². The Labute approximate surface area is 61.6 Å². The number of carbonyl (C=O) groups is 1. The molecule has 0 atom stereocenters. The Morgan fingerprint density at radius 1 is 1.70 bits per heavy atom. The van der Waals surface area contributed by atoms with Crippen LogP contribution >= 0.6 is 11.6 Å². The molecule has 0 unspecified atom stereocenters. The first-order chi connectivity index (χ1) is 4.74. The molecule has 0 fully saturated rings. The Morgan fingerprint density at radius 2 is 2.40 bits per heavy atom. The summed E-state index contributed by atoms with van der Waals surface area (Å²) in [6, 6.07) is 1.03. The minimum Gasteiger partial charge on any atom is -0.298 e. The lowest BCUT2D eigenvalue weighted by Gasteiger charge is -1.92. The minimum atomic E-state index is -0.563. The number of aldehydes is 1. The molecule has 1 rings (SSSR count). The third kappa shape index (κ3) is 1.30.